The fourth-order valence-electron chi connectivity index (χ4n) is 2.26. The monoisotopic (exact) mass is 234 g/mol. The van der Waals surface area contributed by atoms with Crippen molar-refractivity contribution in [3.63, 3.8) is 0 Å². The lowest BCUT2D eigenvalue weighted by Crippen LogP contribution is -2.33. The van der Waals surface area contributed by atoms with Gasteiger partial charge in [-0.3, -0.25) is 4.79 Å². The van der Waals surface area contributed by atoms with Crippen molar-refractivity contribution in [3.8, 4) is 6.07 Å². The Morgan fingerprint density at radius 3 is 2.35 bits per heavy atom. The molecule has 0 aromatic carbocycles. The van der Waals surface area contributed by atoms with Crippen LogP contribution in [0.15, 0.2) is 0 Å². The van der Waals surface area contributed by atoms with Crippen molar-refractivity contribution >= 4 is 11.7 Å². The molecule has 1 rings (SSSR count). The topological polar surface area (TPSA) is 97.8 Å². The molecule has 5 nitrogen and oxygen atoms in total. The van der Waals surface area contributed by atoms with Crippen LogP contribution in [0.4, 0.5) is 5.82 Å². The maximum absolute atomic E-state index is 11.1. The predicted octanol–water partition coefficient (Wildman–Crippen LogP) is 1.17. The van der Waals surface area contributed by atoms with Crippen LogP contribution >= 0.6 is 0 Å². The van der Waals surface area contributed by atoms with Gasteiger partial charge in [0.05, 0.1) is 5.56 Å². The minimum atomic E-state index is -0.528. The fraction of sp³-hybridized carbons (Fsp3) is 0.500. The number of carbonyl (C=O) groups excluding carboxylic acids is 1. The Morgan fingerprint density at radius 1 is 1.47 bits per heavy atom. The molecular weight excluding hydrogens is 216 g/mol. The highest BCUT2D eigenvalue weighted by Crippen LogP contribution is 2.32. The zero-order chi connectivity index (χ0) is 13.4. The number of carbonyl (C=O) groups is 1. The molecular formula is C12H18N4O. The molecule has 1 amide bonds. The van der Waals surface area contributed by atoms with Crippen molar-refractivity contribution < 1.29 is 4.79 Å². The minimum Gasteiger partial charge on any atom is -0.384 e. The Morgan fingerprint density at radius 2 is 2.00 bits per heavy atom. The summed E-state index contributed by atoms with van der Waals surface area (Å²) in [6, 6.07) is 2.09. The Bertz CT molecular complexity index is 506. The van der Waals surface area contributed by atoms with Crippen LogP contribution < -0.4 is 11.5 Å². The van der Waals surface area contributed by atoms with Crippen LogP contribution in [0, 0.1) is 25.2 Å². The van der Waals surface area contributed by atoms with Gasteiger partial charge in [0.1, 0.15) is 11.9 Å². The molecule has 0 radical (unpaired) electrons. The average Bonchev–Trinajstić information content (AvgIpc) is 2.36. The number of anilines is 1. The summed E-state index contributed by atoms with van der Waals surface area (Å²) >= 11 is 0. The van der Waals surface area contributed by atoms with E-state index in [2.05, 4.69) is 6.07 Å². The van der Waals surface area contributed by atoms with Crippen LogP contribution in [-0.4, -0.2) is 10.5 Å². The van der Waals surface area contributed by atoms with Crippen LogP contribution in [0.5, 0.6) is 0 Å². The summed E-state index contributed by atoms with van der Waals surface area (Å²) < 4.78 is 1.81. The number of nitrogen functional groups attached to an aromatic ring is 1. The van der Waals surface area contributed by atoms with E-state index in [-0.39, 0.29) is 6.42 Å². The number of hydrogen-bond donors (Lipinski definition) is 2. The Kier molecular flexibility index (Phi) is 3.18. The highest BCUT2D eigenvalue weighted by Gasteiger charge is 2.29. The van der Waals surface area contributed by atoms with Crippen molar-refractivity contribution in [3.05, 3.63) is 16.8 Å². The van der Waals surface area contributed by atoms with E-state index in [1.54, 1.807) is 0 Å². The normalized spacial score (nSPS) is 11.2. The number of nitrogens with zero attached hydrogens (tertiary/aromatic N) is 2. The standard InChI is InChI=1S/C12H18N4O/c1-7-8(2)16(11(15)9(7)6-13)12(3,4)5-10(14)17/h5,15H2,1-4H3,(H2,14,17). The fourth-order valence-corrected chi connectivity index (χ4v) is 2.26. The summed E-state index contributed by atoms with van der Waals surface area (Å²) in [7, 11) is 0. The van der Waals surface area contributed by atoms with Gasteiger partial charge in [0, 0.05) is 17.7 Å². The first-order chi connectivity index (χ1) is 7.72. The quantitative estimate of drug-likeness (QED) is 0.821. The molecule has 0 fully saturated rings. The molecule has 0 saturated heterocycles. The third kappa shape index (κ3) is 2.11. The predicted molar refractivity (Wildman–Crippen MR) is 66.2 cm³/mol. The van der Waals surface area contributed by atoms with Gasteiger partial charge in [0.15, 0.2) is 0 Å². The first-order valence-electron chi connectivity index (χ1n) is 5.38. The van der Waals surface area contributed by atoms with Crippen LogP contribution in [0.25, 0.3) is 0 Å². The molecule has 4 N–H and O–H groups in total. The van der Waals surface area contributed by atoms with E-state index in [0.717, 1.165) is 11.3 Å². The summed E-state index contributed by atoms with van der Waals surface area (Å²) in [5.41, 5.74) is 12.9. The average molecular weight is 234 g/mol. The van der Waals surface area contributed by atoms with Crippen molar-refractivity contribution in [2.45, 2.75) is 39.7 Å². The van der Waals surface area contributed by atoms with E-state index >= 15 is 0 Å². The van der Waals surface area contributed by atoms with Gasteiger partial charge >= 0.3 is 0 Å². The molecule has 5 heteroatoms. The van der Waals surface area contributed by atoms with E-state index < -0.39 is 11.4 Å². The summed E-state index contributed by atoms with van der Waals surface area (Å²) in [6.45, 7) is 7.49. The number of rotatable bonds is 3. The molecule has 17 heavy (non-hydrogen) atoms. The number of hydrogen-bond acceptors (Lipinski definition) is 3. The molecule has 0 aliphatic heterocycles. The van der Waals surface area contributed by atoms with E-state index in [9.17, 15) is 4.79 Å². The van der Waals surface area contributed by atoms with E-state index in [1.807, 2.05) is 32.3 Å². The molecule has 1 aromatic heterocycles. The van der Waals surface area contributed by atoms with Crippen molar-refractivity contribution in [1.29, 1.82) is 5.26 Å². The molecule has 0 atom stereocenters. The minimum absolute atomic E-state index is 0.178. The lowest BCUT2D eigenvalue weighted by atomic mass is 9.99. The zero-order valence-corrected chi connectivity index (χ0v) is 10.7. The van der Waals surface area contributed by atoms with Crippen LogP contribution in [0.3, 0.4) is 0 Å². The second-order valence-corrected chi connectivity index (χ2v) is 4.87. The van der Waals surface area contributed by atoms with Crippen LogP contribution in [0.1, 0.15) is 37.1 Å². The Balaban J connectivity index is 3.43. The molecule has 0 spiro atoms. The number of nitrogens with two attached hydrogens (primary N) is 2. The van der Waals surface area contributed by atoms with Gasteiger partial charge < -0.3 is 16.0 Å². The second-order valence-electron chi connectivity index (χ2n) is 4.87. The Labute approximate surface area is 101 Å². The van der Waals surface area contributed by atoms with Crippen molar-refractivity contribution in [2.24, 2.45) is 5.73 Å². The van der Waals surface area contributed by atoms with Gasteiger partial charge in [-0.2, -0.15) is 5.26 Å². The molecule has 0 unspecified atom stereocenters. The molecule has 0 aliphatic carbocycles. The largest absolute Gasteiger partial charge is 0.384 e. The van der Waals surface area contributed by atoms with E-state index in [4.69, 9.17) is 16.7 Å². The lowest BCUT2D eigenvalue weighted by Gasteiger charge is -2.28. The zero-order valence-electron chi connectivity index (χ0n) is 10.7. The molecule has 0 saturated carbocycles. The number of aromatic nitrogens is 1. The first kappa shape index (κ1) is 13.1. The lowest BCUT2D eigenvalue weighted by molar-refractivity contribution is -0.119. The van der Waals surface area contributed by atoms with Crippen molar-refractivity contribution in [1.82, 2.24) is 4.57 Å². The molecule has 92 valence electrons. The van der Waals surface area contributed by atoms with E-state index in [1.165, 1.54) is 0 Å². The highest BCUT2D eigenvalue weighted by atomic mass is 16.1. The van der Waals surface area contributed by atoms with Gasteiger partial charge in [0.2, 0.25) is 5.91 Å². The van der Waals surface area contributed by atoms with Crippen LogP contribution in [-0.2, 0) is 10.3 Å². The molecule has 0 aliphatic rings. The molecule has 1 heterocycles. The van der Waals surface area contributed by atoms with Gasteiger partial charge in [-0.1, -0.05) is 0 Å². The van der Waals surface area contributed by atoms with E-state index in [0.29, 0.717) is 11.4 Å². The van der Waals surface area contributed by atoms with Crippen molar-refractivity contribution in [2.75, 3.05) is 5.73 Å². The third-order valence-electron chi connectivity index (χ3n) is 3.07. The summed E-state index contributed by atoms with van der Waals surface area (Å²) in [6.07, 6.45) is 0.178. The third-order valence-corrected chi connectivity index (χ3v) is 3.07. The van der Waals surface area contributed by atoms with Gasteiger partial charge in [-0.25, -0.2) is 0 Å². The number of amides is 1. The highest BCUT2D eigenvalue weighted by molar-refractivity contribution is 5.75. The smallest absolute Gasteiger partial charge is 0.219 e. The van der Waals surface area contributed by atoms with Gasteiger partial charge in [-0.05, 0) is 33.3 Å². The maximum atomic E-state index is 11.1. The SMILES string of the molecule is Cc1c(C#N)c(N)n(C(C)(C)CC(N)=O)c1C. The van der Waals surface area contributed by atoms with Gasteiger partial charge in [-0.15, -0.1) is 0 Å². The summed E-state index contributed by atoms with van der Waals surface area (Å²) in [5.74, 6) is 0.00686. The number of nitriles is 1. The first-order valence-corrected chi connectivity index (χ1v) is 5.38. The number of primary amides is 1. The summed E-state index contributed by atoms with van der Waals surface area (Å²) in [5, 5.41) is 9.05. The Hall–Kier alpha value is -1.96. The maximum Gasteiger partial charge on any atom is 0.219 e. The second kappa shape index (κ2) is 4.13. The summed E-state index contributed by atoms with van der Waals surface area (Å²) in [4.78, 5) is 11.1. The van der Waals surface area contributed by atoms with Gasteiger partial charge in [0.25, 0.3) is 0 Å². The molecule has 1 aromatic rings. The molecule has 0 bridgehead atoms. The van der Waals surface area contributed by atoms with Crippen LogP contribution in [0.2, 0.25) is 0 Å².